The monoisotopic (exact) mass is 285 g/mol. The molecule has 3 nitrogen and oxygen atoms in total. The minimum atomic E-state index is -4.06. The number of hydrogen-bond acceptors (Lipinski definition) is 3. The number of nitrogens with two attached hydrogens (primary N) is 1. The van der Waals surface area contributed by atoms with E-state index in [1.54, 1.807) is 0 Å². The fourth-order valence-corrected chi connectivity index (χ4v) is 2.09. The van der Waals surface area contributed by atoms with E-state index in [2.05, 4.69) is 0 Å². The molecule has 0 bridgehead atoms. The molecule has 1 rings (SSSR count). The van der Waals surface area contributed by atoms with E-state index in [0.29, 0.717) is 5.02 Å². The van der Waals surface area contributed by atoms with Gasteiger partial charge in [-0.25, -0.2) is 8.42 Å². The van der Waals surface area contributed by atoms with E-state index in [1.807, 2.05) is 0 Å². The smallest absolute Gasteiger partial charge is 0.233 e. The molecule has 1 aromatic carbocycles. The van der Waals surface area contributed by atoms with Crippen molar-refractivity contribution in [2.24, 2.45) is 5.73 Å². The Labute approximate surface area is 104 Å². The topological polar surface area (TPSA) is 60.2 Å². The van der Waals surface area contributed by atoms with Crippen LogP contribution >= 0.6 is 24.0 Å². The van der Waals surface area contributed by atoms with Crippen LogP contribution in [0, 0.1) is 0 Å². The van der Waals surface area contributed by atoms with Gasteiger partial charge < -0.3 is 5.73 Å². The summed E-state index contributed by atoms with van der Waals surface area (Å²) in [5, 5.41) is -0.857. The second-order valence-corrected chi connectivity index (χ2v) is 5.01. The molecule has 0 aliphatic carbocycles. The first-order valence-electron chi connectivity index (χ1n) is 4.05. The van der Waals surface area contributed by atoms with E-state index < -0.39 is 15.0 Å². The van der Waals surface area contributed by atoms with Crippen molar-refractivity contribution < 1.29 is 12.8 Å². The van der Waals surface area contributed by atoms with E-state index in [4.69, 9.17) is 17.3 Å². The Hall–Kier alpha value is -0.620. The zero-order valence-electron chi connectivity index (χ0n) is 8.06. The van der Waals surface area contributed by atoms with Crippen molar-refractivity contribution in [3.8, 4) is 0 Å². The highest BCUT2D eigenvalue weighted by atomic mass is 35.5. The first-order valence-corrected chi connectivity index (χ1v) is 5.91. The van der Waals surface area contributed by atoms with Crippen LogP contribution in [0.25, 0.3) is 0 Å². The molecular formula is C9H10Cl2FNO2S. The number of benzene rings is 1. The fraction of sp³-hybridized carbons (Fsp3) is 0.111. The molecule has 1 aromatic rings. The maximum absolute atomic E-state index is 13.1. The van der Waals surface area contributed by atoms with E-state index >= 15 is 0 Å². The summed E-state index contributed by atoms with van der Waals surface area (Å²) in [7, 11) is -4.06. The minimum Gasteiger partial charge on any atom is -0.327 e. The van der Waals surface area contributed by atoms with Gasteiger partial charge in [0.15, 0.2) is 0 Å². The molecule has 16 heavy (non-hydrogen) atoms. The number of hydrogen-bond donors (Lipinski definition) is 1. The standard InChI is InChI=1S/C9H9ClFNO2S.ClH/c10-7-1-3-8(4-2-7)15(13,14)9(11)5-6-12;/h1-5H,6,12H2;1H. The molecule has 0 heterocycles. The van der Waals surface area contributed by atoms with Gasteiger partial charge in [-0.2, -0.15) is 4.39 Å². The van der Waals surface area contributed by atoms with Crippen LogP contribution in [0.5, 0.6) is 0 Å². The van der Waals surface area contributed by atoms with Crippen LogP contribution in [0.15, 0.2) is 40.4 Å². The molecule has 0 aliphatic heterocycles. The minimum absolute atomic E-state index is 0. The third-order valence-corrected chi connectivity index (χ3v) is 3.48. The van der Waals surface area contributed by atoms with Crippen LogP contribution in [0.2, 0.25) is 5.02 Å². The van der Waals surface area contributed by atoms with Crippen molar-refractivity contribution in [2.75, 3.05) is 6.54 Å². The zero-order chi connectivity index (χ0) is 11.5. The number of sulfone groups is 1. The maximum atomic E-state index is 13.1. The van der Waals surface area contributed by atoms with Gasteiger partial charge in [0.1, 0.15) is 0 Å². The molecule has 0 aliphatic rings. The molecule has 0 amide bonds. The lowest BCUT2D eigenvalue weighted by Gasteiger charge is -2.01. The predicted molar refractivity (Wildman–Crippen MR) is 64.1 cm³/mol. The second-order valence-electron chi connectivity index (χ2n) is 2.70. The SMILES string of the molecule is Cl.NCC=C(F)S(=O)(=O)c1ccc(Cl)cc1. The second kappa shape index (κ2) is 6.20. The van der Waals surface area contributed by atoms with Crippen LogP contribution in [-0.4, -0.2) is 15.0 Å². The Kier molecular flexibility index (Phi) is 5.96. The lowest BCUT2D eigenvalue weighted by Crippen LogP contribution is -2.04. The van der Waals surface area contributed by atoms with E-state index in [-0.39, 0.29) is 23.8 Å². The maximum Gasteiger partial charge on any atom is 0.233 e. The van der Waals surface area contributed by atoms with Gasteiger partial charge in [-0.15, -0.1) is 12.4 Å². The fourth-order valence-electron chi connectivity index (χ4n) is 0.929. The highest BCUT2D eigenvalue weighted by Gasteiger charge is 2.19. The molecular weight excluding hydrogens is 276 g/mol. The third kappa shape index (κ3) is 3.45. The Morgan fingerprint density at radius 2 is 1.88 bits per heavy atom. The van der Waals surface area contributed by atoms with Crippen molar-refractivity contribution in [1.29, 1.82) is 0 Å². The summed E-state index contributed by atoms with van der Waals surface area (Å²) in [6, 6.07) is 5.23. The summed E-state index contributed by atoms with van der Waals surface area (Å²) in [6.45, 7) is -0.168. The van der Waals surface area contributed by atoms with Gasteiger partial charge in [-0.1, -0.05) is 11.6 Å². The molecule has 0 unspecified atom stereocenters. The van der Waals surface area contributed by atoms with Crippen LogP contribution in [-0.2, 0) is 9.84 Å². The molecule has 2 N–H and O–H groups in total. The largest absolute Gasteiger partial charge is 0.327 e. The third-order valence-electron chi connectivity index (χ3n) is 1.66. The first-order chi connectivity index (χ1) is 6.98. The summed E-state index contributed by atoms with van der Waals surface area (Å²) in [4.78, 5) is -0.144. The molecule has 0 aromatic heterocycles. The lowest BCUT2D eigenvalue weighted by molar-refractivity contribution is 0.576. The molecule has 0 saturated carbocycles. The Balaban J connectivity index is 0.00000225. The van der Waals surface area contributed by atoms with Crippen molar-refractivity contribution in [2.45, 2.75) is 4.90 Å². The van der Waals surface area contributed by atoms with Gasteiger partial charge in [0.25, 0.3) is 0 Å². The summed E-state index contributed by atoms with van der Waals surface area (Å²) >= 11 is 5.58. The lowest BCUT2D eigenvalue weighted by atomic mass is 10.4. The van der Waals surface area contributed by atoms with Gasteiger partial charge in [0.05, 0.1) is 4.90 Å². The van der Waals surface area contributed by atoms with Crippen molar-refractivity contribution in [3.63, 3.8) is 0 Å². The Morgan fingerprint density at radius 3 is 2.31 bits per heavy atom. The summed E-state index contributed by atoms with van der Waals surface area (Å²) in [5.74, 6) is 0. The molecule has 0 spiro atoms. The summed E-state index contributed by atoms with van der Waals surface area (Å²) < 4.78 is 36.1. The summed E-state index contributed by atoms with van der Waals surface area (Å²) in [6.07, 6.45) is 0.809. The van der Waals surface area contributed by atoms with Crippen LogP contribution in [0.1, 0.15) is 0 Å². The molecule has 0 radical (unpaired) electrons. The van der Waals surface area contributed by atoms with Gasteiger partial charge in [-0.05, 0) is 30.3 Å². The number of halogens is 3. The average molecular weight is 286 g/mol. The molecule has 90 valence electrons. The normalized spacial score (nSPS) is 12.1. The van der Waals surface area contributed by atoms with E-state index in [1.165, 1.54) is 24.3 Å². The van der Waals surface area contributed by atoms with Crippen molar-refractivity contribution >= 4 is 33.8 Å². The Morgan fingerprint density at radius 1 is 1.38 bits per heavy atom. The van der Waals surface area contributed by atoms with E-state index in [9.17, 15) is 12.8 Å². The van der Waals surface area contributed by atoms with Crippen molar-refractivity contribution in [1.82, 2.24) is 0 Å². The molecule has 0 saturated heterocycles. The van der Waals surface area contributed by atoms with Gasteiger partial charge in [0, 0.05) is 11.6 Å². The highest BCUT2D eigenvalue weighted by Crippen LogP contribution is 2.21. The molecule has 0 atom stereocenters. The summed E-state index contributed by atoms with van der Waals surface area (Å²) in [5.41, 5.74) is 5.03. The molecule has 7 heteroatoms. The predicted octanol–water partition coefficient (Wildman–Crippen LogP) is 2.31. The van der Waals surface area contributed by atoms with Gasteiger partial charge in [0.2, 0.25) is 15.0 Å². The van der Waals surface area contributed by atoms with Crippen LogP contribution < -0.4 is 5.73 Å². The molecule has 0 fully saturated rings. The van der Waals surface area contributed by atoms with Crippen LogP contribution in [0.3, 0.4) is 0 Å². The highest BCUT2D eigenvalue weighted by molar-refractivity contribution is 7.95. The average Bonchev–Trinajstić information content (AvgIpc) is 2.18. The van der Waals surface area contributed by atoms with Gasteiger partial charge >= 0.3 is 0 Å². The Bertz CT molecular complexity index is 471. The van der Waals surface area contributed by atoms with Crippen molar-refractivity contribution in [3.05, 3.63) is 40.5 Å². The van der Waals surface area contributed by atoms with Gasteiger partial charge in [-0.3, -0.25) is 0 Å². The van der Waals surface area contributed by atoms with E-state index in [0.717, 1.165) is 6.08 Å². The van der Waals surface area contributed by atoms with Crippen LogP contribution in [0.4, 0.5) is 4.39 Å². The zero-order valence-corrected chi connectivity index (χ0v) is 10.4. The number of rotatable bonds is 3. The quantitative estimate of drug-likeness (QED) is 0.927. The first kappa shape index (κ1) is 15.4.